The van der Waals surface area contributed by atoms with E-state index >= 15 is 0 Å². The number of methoxy groups -OCH3 is 1. The van der Waals surface area contributed by atoms with Crippen molar-refractivity contribution in [1.29, 1.82) is 0 Å². The molecule has 0 spiro atoms. The number of ether oxygens (including phenoxy) is 3. The predicted molar refractivity (Wildman–Crippen MR) is 78.2 cm³/mol. The van der Waals surface area contributed by atoms with E-state index < -0.39 is 0 Å². The maximum Gasteiger partial charge on any atom is 0.168 e. The van der Waals surface area contributed by atoms with Crippen LogP contribution in [0.4, 0.5) is 0 Å². The molecule has 1 aromatic carbocycles. The topological polar surface area (TPSA) is 53.7 Å². The van der Waals surface area contributed by atoms with Crippen LogP contribution in [0.5, 0.6) is 17.2 Å². The van der Waals surface area contributed by atoms with Crippen molar-refractivity contribution in [3.8, 4) is 17.2 Å². The van der Waals surface area contributed by atoms with Crippen molar-refractivity contribution in [2.45, 2.75) is 37.6 Å². The van der Waals surface area contributed by atoms with Gasteiger partial charge in [0.2, 0.25) is 0 Å². The van der Waals surface area contributed by atoms with Gasteiger partial charge in [0.05, 0.1) is 25.3 Å². The molecular formula is C15H20ClNO3. The minimum absolute atomic E-state index is 0.0193. The summed E-state index contributed by atoms with van der Waals surface area (Å²) in [4.78, 5) is 0. The van der Waals surface area contributed by atoms with E-state index in [4.69, 9.17) is 31.5 Å². The van der Waals surface area contributed by atoms with Crippen molar-refractivity contribution in [3.05, 3.63) is 16.7 Å². The second-order valence-electron chi connectivity index (χ2n) is 5.59. The van der Waals surface area contributed by atoms with Crippen molar-refractivity contribution >= 4 is 11.6 Å². The first kappa shape index (κ1) is 13.8. The Hall–Kier alpha value is -1.13. The molecule has 0 radical (unpaired) electrons. The van der Waals surface area contributed by atoms with E-state index in [1.54, 1.807) is 13.2 Å². The molecule has 4 nitrogen and oxygen atoms in total. The molecule has 1 heterocycles. The van der Waals surface area contributed by atoms with Crippen LogP contribution in [0.25, 0.3) is 0 Å². The van der Waals surface area contributed by atoms with E-state index in [0.717, 1.165) is 30.6 Å². The summed E-state index contributed by atoms with van der Waals surface area (Å²) in [5, 5.41) is 0.554. The van der Waals surface area contributed by atoms with Crippen LogP contribution in [-0.4, -0.2) is 26.4 Å². The number of hydrogen-bond acceptors (Lipinski definition) is 4. The fraction of sp³-hybridized carbons (Fsp3) is 0.600. The number of benzene rings is 1. The van der Waals surface area contributed by atoms with E-state index in [-0.39, 0.29) is 11.5 Å². The lowest BCUT2D eigenvalue weighted by Crippen LogP contribution is -2.32. The molecule has 0 saturated heterocycles. The number of hydrogen-bond donors (Lipinski definition) is 1. The number of rotatable bonds is 3. The minimum Gasteiger partial charge on any atom is -0.495 e. The van der Waals surface area contributed by atoms with Gasteiger partial charge in [0, 0.05) is 29.5 Å². The molecule has 5 heteroatoms. The lowest BCUT2D eigenvalue weighted by atomic mass is 9.87. The first-order valence-corrected chi connectivity index (χ1v) is 7.40. The Morgan fingerprint density at radius 1 is 1.35 bits per heavy atom. The van der Waals surface area contributed by atoms with Gasteiger partial charge in [-0.1, -0.05) is 11.6 Å². The van der Waals surface area contributed by atoms with Crippen LogP contribution in [0.3, 0.4) is 0 Å². The molecule has 0 amide bonds. The van der Waals surface area contributed by atoms with Crippen molar-refractivity contribution in [2.75, 3.05) is 20.3 Å². The molecule has 1 atom stereocenters. The molecule has 1 aliphatic carbocycles. The highest BCUT2D eigenvalue weighted by atomic mass is 35.5. The third-order valence-electron chi connectivity index (χ3n) is 4.31. The van der Waals surface area contributed by atoms with Gasteiger partial charge in [-0.15, -0.1) is 0 Å². The number of halogens is 1. The molecule has 1 aromatic rings. The first-order valence-electron chi connectivity index (χ1n) is 7.02. The SMILES string of the molecule is COc1c(Cl)cc2c(c1C1(C(C)N)CC1)OCCCO2. The summed E-state index contributed by atoms with van der Waals surface area (Å²) in [6.07, 6.45) is 2.91. The summed E-state index contributed by atoms with van der Waals surface area (Å²) in [7, 11) is 1.63. The molecule has 1 saturated carbocycles. The van der Waals surface area contributed by atoms with E-state index in [1.165, 1.54) is 0 Å². The van der Waals surface area contributed by atoms with Crippen LogP contribution < -0.4 is 19.9 Å². The van der Waals surface area contributed by atoms with Gasteiger partial charge in [-0.2, -0.15) is 0 Å². The Labute approximate surface area is 124 Å². The average Bonchev–Trinajstić information content (AvgIpc) is 3.21. The van der Waals surface area contributed by atoms with Crippen molar-refractivity contribution in [3.63, 3.8) is 0 Å². The maximum atomic E-state index is 6.36. The summed E-state index contributed by atoms with van der Waals surface area (Å²) >= 11 is 6.36. The minimum atomic E-state index is -0.103. The van der Waals surface area contributed by atoms with Crippen LogP contribution in [0.15, 0.2) is 6.07 Å². The molecule has 110 valence electrons. The highest BCUT2D eigenvalue weighted by Crippen LogP contribution is 2.60. The van der Waals surface area contributed by atoms with Gasteiger partial charge in [-0.25, -0.2) is 0 Å². The Morgan fingerprint density at radius 2 is 2.05 bits per heavy atom. The summed E-state index contributed by atoms with van der Waals surface area (Å²) in [5.74, 6) is 2.14. The first-order chi connectivity index (χ1) is 9.60. The van der Waals surface area contributed by atoms with Gasteiger partial charge in [0.25, 0.3) is 0 Å². The van der Waals surface area contributed by atoms with Crippen molar-refractivity contribution in [1.82, 2.24) is 0 Å². The van der Waals surface area contributed by atoms with Gasteiger partial charge in [0.15, 0.2) is 11.5 Å². The highest BCUT2D eigenvalue weighted by molar-refractivity contribution is 6.32. The van der Waals surface area contributed by atoms with Gasteiger partial charge in [0.1, 0.15) is 5.75 Å². The Morgan fingerprint density at radius 3 is 2.65 bits per heavy atom. The standard InChI is InChI=1S/C15H20ClNO3/c1-9(17)15(4-5-15)12-13(18-2)10(16)8-11-14(12)20-7-3-6-19-11/h8-9H,3-7,17H2,1-2H3. The fourth-order valence-corrected chi connectivity index (χ4v) is 3.25. The van der Waals surface area contributed by atoms with Gasteiger partial charge >= 0.3 is 0 Å². The Kier molecular flexibility index (Phi) is 3.46. The highest BCUT2D eigenvalue weighted by Gasteiger charge is 2.52. The van der Waals surface area contributed by atoms with Gasteiger partial charge in [-0.05, 0) is 19.8 Å². The van der Waals surface area contributed by atoms with Gasteiger partial charge < -0.3 is 19.9 Å². The van der Waals surface area contributed by atoms with E-state index in [0.29, 0.717) is 29.7 Å². The van der Waals surface area contributed by atoms with Gasteiger partial charge in [-0.3, -0.25) is 0 Å². The number of nitrogens with two attached hydrogens (primary N) is 1. The zero-order valence-corrected chi connectivity index (χ0v) is 12.6. The largest absolute Gasteiger partial charge is 0.495 e. The van der Waals surface area contributed by atoms with Crippen LogP contribution in [-0.2, 0) is 5.41 Å². The maximum absolute atomic E-state index is 6.36. The van der Waals surface area contributed by atoms with E-state index in [9.17, 15) is 0 Å². The van der Waals surface area contributed by atoms with Crippen LogP contribution in [0, 0.1) is 0 Å². The molecule has 1 fully saturated rings. The average molecular weight is 298 g/mol. The number of fused-ring (bicyclic) bond motifs is 1. The molecule has 0 aromatic heterocycles. The van der Waals surface area contributed by atoms with Crippen LogP contribution in [0.1, 0.15) is 31.7 Å². The summed E-state index contributed by atoms with van der Waals surface area (Å²) in [6, 6.07) is 1.80. The second kappa shape index (κ2) is 5.01. The monoisotopic (exact) mass is 297 g/mol. The zero-order valence-electron chi connectivity index (χ0n) is 11.9. The van der Waals surface area contributed by atoms with Crippen LogP contribution >= 0.6 is 11.6 Å². The normalized spacial score (nSPS) is 21.0. The molecular weight excluding hydrogens is 278 g/mol. The Balaban J connectivity index is 2.22. The predicted octanol–water partition coefficient (Wildman–Crippen LogP) is 2.89. The van der Waals surface area contributed by atoms with Crippen LogP contribution in [0.2, 0.25) is 5.02 Å². The molecule has 3 rings (SSSR count). The summed E-state index contributed by atoms with van der Waals surface area (Å²) < 4.78 is 17.2. The van der Waals surface area contributed by atoms with Crippen molar-refractivity contribution < 1.29 is 14.2 Å². The second-order valence-corrected chi connectivity index (χ2v) is 6.00. The quantitative estimate of drug-likeness (QED) is 0.932. The molecule has 2 aliphatic rings. The molecule has 0 bridgehead atoms. The molecule has 2 N–H and O–H groups in total. The lowest BCUT2D eigenvalue weighted by Gasteiger charge is -2.26. The lowest BCUT2D eigenvalue weighted by molar-refractivity contribution is 0.294. The zero-order chi connectivity index (χ0) is 14.3. The molecule has 1 aliphatic heterocycles. The van der Waals surface area contributed by atoms with E-state index in [1.807, 2.05) is 6.92 Å². The van der Waals surface area contributed by atoms with Crippen molar-refractivity contribution in [2.24, 2.45) is 5.73 Å². The third kappa shape index (κ3) is 2.02. The Bertz CT molecular complexity index is 526. The third-order valence-corrected chi connectivity index (χ3v) is 4.59. The fourth-order valence-electron chi connectivity index (χ4n) is 2.98. The molecule has 20 heavy (non-hydrogen) atoms. The molecule has 1 unspecified atom stereocenters. The smallest absolute Gasteiger partial charge is 0.168 e. The summed E-state index contributed by atoms with van der Waals surface area (Å²) in [6.45, 7) is 3.30. The van der Waals surface area contributed by atoms with E-state index in [2.05, 4.69) is 0 Å². The summed E-state index contributed by atoms with van der Waals surface area (Å²) in [5.41, 5.74) is 7.10.